The van der Waals surface area contributed by atoms with Crippen LogP contribution in [-0.4, -0.2) is 56.0 Å². The molecule has 1 saturated heterocycles. The molecule has 4 nitrogen and oxygen atoms in total. The van der Waals surface area contributed by atoms with Gasteiger partial charge in [-0.25, -0.2) is 0 Å². The summed E-state index contributed by atoms with van der Waals surface area (Å²) < 4.78 is 0. The number of nitrogens with zero attached hydrogens (tertiary/aromatic N) is 2. The van der Waals surface area contributed by atoms with Gasteiger partial charge in [0.15, 0.2) is 0 Å². The van der Waals surface area contributed by atoms with E-state index in [1.165, 1.54) is 37.7 Å². The zero-order valence-corrected chi connectivity index (χ0v) is 14.6. The smallest absolute Gasteiger partial charge is 0.234 e. The number of nitrogens with one attached hydrogen (secondary N) is 1. The van der Waals surface area contributed by atoms with E-state index in [-0.39, 0.29) is 11.9 Å². The summed E-state index contributed by atoms with van der Waals surface area (Å²) in [6.07, 6.45) is 6.39. The van der Waals surface area contributed by atoms with Gasteiger partial charge in [-0.15, -0.1) is 0 Å². The van der Waals surface area contributed by atoms with Gasteiger partial charge in [0.2, 0.25) is 5.91 Å². The Morgan fingerprint density at radius 2 is 1.70 bits per heavy atom. The summed E-state index contributed by atoms with van der Waals surface area (Å²) in [6.45, 7) is 3.31. The summed E-state index contributed by atoms with van der Waals surface area (Å²) in [5.74, 6) is 0.147. The lowest BCUT2D eigenvalue weighted by Gasteiger charge is -2.27. The number of carbonyl (C=O) groups is 1. The van der Waals surface area contributed by atoms with Gasteiger partial charge in [0.05, 0.1) is 12.6 Å². The molecule has 0 radical (unpaired) electrons. The Kier molecular flexibility index (Phi) is 7.56. The summed E-state index contributed by atoms with van der Waals surface area (Å²) in [5.41, 5.74) is 1.24. The number of benzene rings is 1. The molecule has 1 atom stereocenters. The zero-order valence-electron chi connectivity index (χ0n) is 14.6. The maximum Gasteiger partial charge on any atom is 0.234 e. The van der Waals surface area contributed by atoms with E-state index in [0.29, 0.717) is 13.1 Å². The minimum Gasteiger partial charge on any atom is -0.353 e. The first kappa shape index (κ1) is 18.0. The molecule has 1 aromatic rings. The van der Waals surface area contributed by atoms with Gasteiger partial charge in [0.25, 0.3) is 0 Å². The number of hydrogen-bond acceptors (Lipinski definition) is 3. The molecule has 0 aromatic heterocycles. The average Bonchev–Trinajstić information content (AvgIpc) is 2.51. The molecule has 128 valence electrons. The Morgan fingerprint density at radius 3 is 2.30 bits per heavy atom. The maximum atomic E-state index is 12.3. The molecule has 0 saturated carbocycles. The quantitative estimate of drug-likeness (QED) is 0.876. The van der Waals surface area contributed by atoms with Crippen molar-refractivity contribution in [2.45, 2.75) is 38.1 Å². The van der Waals surface area contributed by atoms with Crippen LogP contribution in [0.5, 0.6) is 0 Å². The fraction of sp³-hybridized carbons (Fsp3) is 0.632. The lowest BCUT2D eigenvalue weighted by molar-refractivity contribution is -0.122. The summed E-state index contributed by atoms with van der Waals surface area (Å²) in [7, 11) is 4.12. The van der Waals surface area contributed by atoms with Gasteiger partial charge in [0, 0.05) is 6.54 Å². The van der Waals surface area contributed by atoms with Crippen LogP contribution in [0.4, 0.5) is 0 Å². The van der Waals surface area contributed by atoms with Crippen LogP contribution in [0.1, 0.15) is 43.7 Å². The molecular weight excluding hydrogens is 286 g/mol. The molecule has 0 bridgehead atoms. The first-order valence-corrected chi connectivity index (χ1v) is 8.87. The molecule has 1 fully saturated rings. The Labute approximate surface area is 140 Å². The summed E-state index contributed by atoms with van der Waals surface area (Å²) in [4.78, 5) is 16.8. The van der Waals surface area contributed by atoms with Crippen molar-refractivity contribution in [1.29, 1.82) is 0 Å². The van der Waals surface area contributed by atoms with E-state index in [2.05, 4.69) is 41.3 Å². The Balaban J connectivity index is 1.81. The van der Waals surface area contributed by atoms with Crippen LogP contribution in [0.25, 0.3) is 0 Å². The number of amides is 1. The van der Waals surface area contributed by atoms with Gasteiger partial charge < -0.3 is 10.2 Å². The van der Waals surface area contributed by atoms with Crippen molar-refractivity contribution in [1.82, 2.24) is 15.1 Å². The monoisotopic (exact) mass is 317 g/mol. The Bertz CT molecular complexity index is 453. The van der Waals surface area contributed by atoms with Crippen LogP contribution in [0.2, 0.25) is 0 Å². The standard InChI is InChI=1S/C19H31N3O/c1-21(2)18(17-11-7-6-8-12-17)15-20-19(23)16-22-13-9-4-3-5-10-14-22/h6-8,11-12,18H,3-5,9-10,13-16H2,1-2H3,(H,20,23). The predicted octanol–water partition coefficient (Wildman–Crippen LogP) is 2.67. The minimum atomic E-state index is 0.147. The molecule has 1 heterocycles. The van der Waals surface area contributed by atoms with Crippen LogP contribution in [0.3, 0.4) is 0 Å². The van der Waals surface area contributed by atoms with Crippen molar-refractivity contribution in [2.75, 3.05) is 40.3 Å². The zero-order chi connectivity index (χ0) is 16.5. The van der Waals surface area contributed by atoms with Crippen molar-refractivity contribution in [3.05, 3.63) is 35.9 Å². The molecule has 1 amide bonds. The molecule has 1 aliphatic heterocycles. The molecule has 1 aromatic carbocycles. The number of rotatable bonds is 6. The molecule has 4 heteroatoms. The fourth-order valence-corrected chi connectivity index (χ4v) is 3.21. The van der Waals surface area contributed by atoms with Gasteiger partial charge in [-0.3, -0.25) is 9.69 Å². The molecule has 23 heavy (non-hydrogen) atoms. The summed E-state index contributed by atoms with van der Waals surface area (Å²) in [5, 5.41) is 3.12. The van der Waals surface area contributed by atoms with Crippen LogP contribution in [0.15, 0.2) is 30.3 Å². The summed E-state index contributed by atoms with van der Waals surface area (Å²) in [6, 6.07) is 10.6. The molecule has 1 unspecified atom stereocenters. The van der Waals surface area contributed by atoms with Crippen LogP contribution < -0.4 is 5.32 Å². The average molecular weight is 317 g/mol. The van der Waals surface area contributed by atoms with Crippen molar-refractivity contribution in [3.63, 3.8) is 0 Å². The first-order valence-electron chi connectivity index (χ1n) is 8.87. The normalized spacial score (nSPS) is 18.2. The lowest BCUT2D eigenvalue weighted by Crippen LogP contribution is -2.41. The van der Waals surface area contributed by atoms with E-state index < -0.39 is 0 Å². The molecule has 1 aliphatic rings. The number of hydrogen-bond donors (Lipinski definition) is 1. The van der Waals surface area contributed by atoms with E-state index in [0.717, 1.165) is 13.1 Å². The third-order valence-electron chi connectivity index (χ3n) is 4.62. The number of likely N-dealkylation sites (N-methyl/N-ethyl adjacent to an activating group) is 1. The highest BCUT2D eigenvalue weighted by Gasteiger charge is 2.16. The largest absolute Gasteiger partial charge is 0.353 e. The highest BCUT2D eigenvalue weighted by atomic mass is 16.2. The fourth-order valence-electron chi connectivity index (χ4n) is 3.21. The third-order valence-corrected chi connectivity index (χ3v) is 4.62. The second-order valence-electron chi connectivity index (χ2n) is 6.74. The molecular formula is C19H31N3O. The second-order valence-corrected chi connectivity index (χ2v) is 6.74. The third kappa shape index (κ3) is 6.32. The van der Waals surface area contributed by atoms with Crippen LogP contribution >= 0.6 is 0 Å². The maximum absolute atomic E-state index is 12.3. The second kappa shape index (κ2) is 9.68. The van der Waals surface area contributed by atoms with E-state index in [1.807, 2.05) is 18.2 Å². The first-order chi connectivity index (χ1) is 11.2. The van der Waals surface area contributed by atoms with E-state index in [4.69, 9.17) is 0 Å². The van der Waals surface area contributed by atoms with Crippen molar-refractivity contribution >= 4 is 5.91 Å². The topological polar surface area (TPSA) is 35.6 Å². The van der Waals surface area contributed by atoms with Crippen LogP contribution in [0, 0.1) is 0 Å². The van der Waals surface area contributed by atoms with Gasteiger partial charge in [-0.05, 0) is 45.6 Å². The number of carbonyl (C=O) groups excluding carboxylic acids is 1. The SMILES string of the molecule is CN(C)C(CNC(=O)CN1CCCCCCC1)c1ccccc1. The highest BCUT2D eigenvalue weighted by molar-refractivity contribution is 5.78. The van der Waals surface area contributed by atoms with Gasteiger partial charge >= 0.3 is 0 Å². The van der Waals surface area contributed by atoms with E-state index in [9.17, 15) is 4.79 Å². The van der Waals surface area contributed by atoms with Crippen molar-refractivity contribution < 1.29 is 4.79 Å². The summed E-state index contributed by atoms with van der Waals surface area (Å²) >= 11 is 0. The van der Waals surface area contributed by atoms with Gasteiger partial charge in [0.1, 0.15) is 0 Å². The Morgan fingerprint density at radius 1 is 1.09 bits per heavy atom. The molecule has 1 N–H and O–H groups in total. The number of likely N-dealkylation sites (tertiary alicyclic amines) is 1. The minimum absolute atomic E-state index is 0.147. The van der Waals surface area contributed by atoms with Gasteiger partial charge in [-0.1, -0.05) is 49.6 Å². The molecule has 0 aliphatic carbocycles. The van der Waals surface area contributed by atoms with Crippen LogP contribution in [-0.2, 0) is 4.79 Å². The van der Waals surface area contributed by atoms with E-state index >= 15 is 0 Å². The lowest BCUT2D eigenvalue weighted by atomic mass is 10.1. The Hall–Kier alpha value is -1.39. The van der Waals surface area contributed by atoms with Gasteiger partial charge in [-0.2, -0.15) is 0 Å². The van der Waals surface area contributed by atoms with Crippen molar-refractivity contribution in [3.8, 4) is 0 Å². The predicted molar refractivity (Wildman–Crippen MR) is 95.4 cm³/mol. The molecule has 0 spiro atoms. The highest BCUT2D eigenvalue weighted by Crippen LogP contribution is 2.16. The van der Waals surface area contributed by atoms with E-state index in [1.54, 1.807) is 0 Å². The molecule has 2 rings (SSSR count). The van der Waals surface area contributed by atoms with Crippen molar-refractivity contribution in [2.24, 2.45) is 0 Å².